The SMILES string of the molecule is Cc1oc(CNC(=O)C(NS(C)(=O)=O)C(C)(C)C)cc1C(=O)O. The molecule has 0 radical (unpaired) electrons. The Balaban J connectivity index is 2.84. The number of carboxylic acid groups (broad SMARTS) is 1. The number of aromatic carboxylic acids is 1. The van der Waals surface area contributed by atoms with Gasteiger partial charge in [0, 0.05) is 0 Å². The van der Waals surface area contributed by atoms with Crippen molar-refractivity contribution in [2.24, 2.45) is 5.41 Å². The van der Waals surface area contributed by atoms with E-state index in [0.29, 0.717) is 0 Å². The highest BCUT2D eigenvalue weighted by Gasteiger charge is 2.33. The van der Waals surface area contributed by atoms with Crippen molar-refractivity contribution in [1.29, 1.82) is 0 Å². The summed E-state index contributed by atoms with van der Waals surface area (Å²) in [4.78, 5) is 23.2. The first kappa shape index (κ1) is 19.2. The zero-order chi connectivity index (χ0) is 18.0. The smallest absolute Gasteiger partial charge is 0.339 e. The van der Waals surface area contributed by atoms with Crippen LogP contribution in [0.3, 0.4) is 0 Å². The van der Waals surface area contributed by atoms with Crippen LogP contribution in [0.4, 0.5) is 0 Å². The van der Waals surface area contributed by atoms with Crippen LogP contribution < -0.4 is 10.0 Å². The maximum atomic E-state index is 12.3. The number of sulfonamides is 1. The molecule has 0 aliphatic rings. The van der Waals surface area contributed by atoms with Crippen LogP contribution >= 0.6 is 0 Å². The Morgan fingerprint density at radius 2 is 1.91 bits per heavy atom. The molecule has 1 heterocycles. The van der Waals surface area contributed by atoms with Gasteiger partial charge in [0.25, 0.3) is 0 Å². The van der Waals surface area contributed by atoms with Crippen molar-refractivity contribution in [3.8, 4) is 0 Å². The Morgan fingerprint density at radius 3 is 2.30 bits per heavy atom. The van der Waals surface area contributed by atoms with Gasteiger partial charge in [0.15, 0.2) is 0 Å². The van der Waals surface area contributed by atoms with Gasteiger partial charge < -0.3 is 14.8 Å². The van der Waals surface area contributed by atoms with Crippen LogP contribution in [0.5, 0.6) is 0 Å². The second kappa shape index (κ2) is 6.71. The van der Waals surface area contributed by atoms with Gasteiger partial charge >= 0.3 is 5.97 Å². The Morgan fingerprint density at radius 1 is 1.35 bits per heavy atom. The molecule has 1 aromatic rings. The van der Waals surface area contributed by atoms with Crippen molar-refractivity contribution < 1.29 is 27.5 Å². The van der Waals surface area contributed by atoms with Crippen LogP contribution in [0.2, 0.25) is 0 Å². The lowest BCUT2D eigenvalue weighted by Gasteiger charge is -2.29. The molecular weight excluding hydrogens is 324 g/mol. The zero-order valence-corrected chi connectivity index (χ0v) is 14.6. The molecule has 130 valence electrons. The number of nitrogens with one attached hydrogen (secondary N) is 2. The second-order valence-electron chi connectivity index (χ2n) is 6.39. The summed E-state index contributed by atoms with van der Waals surface area (Å²) >= 11 is 0. The summed E-state index contributed by atoms with van der Waals surface area (Å²) in [6.45, 7) is 6.67. The molecule has 0 aliphatic heterocycles. The van der Waals surface area contributed by atoms with Crippen LogP contribution in [0, 0.1) is 12.3 Å². The monoisotopic (exact) mass is 346 g/mol. The van der Waals surface area contributed by atoms with Gasteiger partial charge in [-0.05, 0) is 18.4 Å². The van der Waals surface area contributed by atoms with E-state index in [1.807, 2.05) is 0 Å². The van der Waals surface area contributed by atoms with Crippen LogP contribution in [0.1, 0.15) is 42.6 Å². The average molecular weight is 346 g/mol. The highest BCUT2D eigenvalue weighted by molar-refractivity contribution is 7.88. The summed E-state index contributed by atoms with van der Waals surface area (Å²) in [5, 5.41) is 11.5. The van der Waals surface area contributed by atoms with Gasteiger partial charge in [0.1, 0.15) is 23.1 Å². The fourth-order valence-electron chi connectivity index (χ4n) is 1.96. The molecule has 0 saturated heterocycles. The first-order valence-corrected chi connectivity index (χ1v) is 8.78. The lowest BCUT2D eigenvalue weighted by molar-refractivity contribution is -0.125. The topological polar surface area (TPSA) is 126 Å². The number of furan rings is 1. The van der Waals surface area contributed by atoms with Crippen molar-refractivity contribution in [2.45, 2.75) is 40.3 Å². The molecule has 9 heteroatoms. The Hall–Kier alpha value is -1.87. The summed E-state index contributed by atoms with van der Waals surface area (Å²) in [5.74, 6) is -1.12. The Kier molecular flexibility index (Phi) is 5.60. The Bertz CT molecular complexity index is 699. The lowest BCUT2D eigenvalue weighted by atomic mass is 9.87. The summed E-state index contributed by atoms with van der Waals surface area (Å²) in [6.07, 6.45) is 0.980. The fourth-order valence-corrected chi connectivity index (χ4v) is 2.85. The third-order valence-corrected chi connectivity index (χ3v) is 3.76. The van der Waals surface area contributed by atoms with Crippen LogP contribution in [0.15, 0.2) is 10.5 Å². The van der Waals surface area contributed by atoms with Crippen molar-refractivity contribution in [3.63, 3.8) is 0 Å². The molecule has 1 rings (SSSR count). The van der Waals surface area contributed by atoms with E-state index >= 15 is 0 Å². The predicted octanol–water partition coefficient (Wildman–Crippen LogP) is 0.866. The molecule has 8 nitrogen and oxygen atoms in total. The van der Waals surface area contributed by atoms with E-state index in [-0.39, 0.29) is 23.6 Å². The summed E-state index contributed by atoms with van der Waals surface area (Å²) < 4.78 is 30.4. The van der Waals surface area contributed by atoms with Gasteiger partial charge in [-0.1, -0.05) is 20.8 Å². The normalized spacial score (nSPS) is 13.6. The largest absolute Gasteiger partial charge is 0.478 e. The van der Waals surface area contributed by atoms with Crippen molar-refractivity contribution >= 4 is 21.9 Å². The number of carboxylic acids is 1. The first-order chi connectivity index (χ1) is 10.3. The molecule has 0 aromatic carbocycles. The molecular formula is C14H22N2O6S. The minimum atomic E-state index is -3.56. The molecule has 3 N–H and O–H groups in total. The number of amides is 1. The first-order valence-electron chi connectivity index (χ1n) is 6.89. The van der Waals surface area contributed by atoms with Crippen LogP contribution in [-0.4, -0.2) is 37.7 Å². The third kappa shape index (κ3) is 5.68. The number of carbonyl (C=O) groups is 2. The van der Waals surface area contributed by atoms with E-state index in [0.717, 1.165) is 6.26 Å². The number of hydrogen-bond donors (Lipinski definition) is 3. The van der Waals surface area contributed by atoms with E-state index in [1.165, 1.54) is 13.0 Å². The summed E-state index contributed by atoms with van der Waals surface area (Å²) in [5.41, 5.74) is -0.616. The van der Waals surface area contributed by atoms with Gasteiger partial charge in [-0.3, -0.25) is 4.79 Å². The number of aryl methyl sites for hydroxylation is 1. The van der Waals surface area contributed by atoms with E-state index in [9.17, 15) is 18.0 Å². The molecule has 0 bridgehead atoms. The molecule has 1 unspecified atom stereocenters. The van der Waals surface area contributed by atoms with Crippen molar-refractivity contribution in [3.05, 3.63) is 23.2 Å². The van der Waals surface area contributed by atoms with E-state index in [1.54, 1.807) is 20.8 Å². The van der Waals surface area contributed by atoms with Crippen molar-refractivity contribution in [2.75, 3.05) is 6.26 Å². The average Bonchev–Trinajstić information content (AvgIpc) is 2.72. The Labute approximate surface area is 135 Å². The van der Waals surface area contributed by atoms with Gasteiger partial charge in [-0.25, -0.2) is 17.9 Å². The number of carbonyl (C=O) groups excluding carboxylic acids is 1. The molecule has 23 heavy (non-hydrogen) atoms. The highest BCUT2D eigenvalue weighted by atomic mass is 32.2. The van der Waals surface area contributed by atoms with Gasteiger partial charge in [0.2, 0.25) is 15.9 Å². The molecule has 0 fully saturated rings. The molecule has 1 aromatic heterocycles. The summed E-state index contributed by atoms with van der Waals surface area (Å²) in [7, 11) is -3.56. The third-order valence-electron chi connectivity index (χ3n) is 3.10. The maximum absolute atomic E-state index is 12.3. The zero-order valence-electron chi connectivity index (χ0n) is 13.8. The maximum Gasteiger partial charge on any atom is 0.339 e. The molecule has 0 saturated carbocycles. The minimum absolute atomic E-state index is 0.0240. The molecule has 0 spiro atoms. The number of hydrogen-bond acceptors (Lipinski definition) is 5. The van der Waals surface area contributed by atoms with Gasteiger partial charge in [-0.2, -0.15) is 0 Å². The quantitative estimate of drug-likeness (QED) is 0.701. The predicted molar refractivity (Wildman–Crippen MR) is 83.5 cm³/mol. The van der Waals surface area contributed by atoms with E-state index in [2.05, 4.69) is 10.0 Å². The van der Waals surface area contributed by atoms with E-state index < -0.39 is 33.4 Å². The van der Waals surface area contributed by atoms with Gasteiger partial charge in [0.05, 0.1) is 12.8 Å². The molecule has 1 atom stereocenters. The van der Waals surface area contributed by atoms with Crippen LogP contribution in [0.25, 0.3) is 0 Å². The van der Waals surface area contributed by atoms with Crippen molar-refractivity contribution in [1.82, 2.24) is 10.0 Å². The van der Waals surface area contributed by atoms with E-state index in [4.69, 9.17) is 9.52 Å². The number of rotatable bonds is 6. The lowest BCUT2D eigenvalue weighted by Crippen LogP contribution is -2.53. The fraction of sp³-hybridized carbons (Fsp3) is 0.571. The minimum Gasteiger partial charge on any atom is -0.478 e. The second-order valence-corrected chi connectivity index (χ2v) is 8.17. The molecule has 1 amide bonds. The van der Waals surface area contributed by atoms with Gasteiger partial charge in [-0.15, -0.1) is 0 Å². The highest BCUT2D eigenvalue weighted by Crippen LogP contribution is 2.20. The summed E-state index contributed by atoms with van der Waals surface area (Å²) in [6, 6.07) is 0.362. The molecule has 0 aliphatic carbocycles. The standard InChI is InChI=1S/C14H22N2O6S/c1-8-10(13(18)19)6-9(22-8)7-15-12(17)11(14(2,3)4)16-23(5,20)21/h6,11,16H,7H2,1-5H3,(H,15,17)(H,18,19). The van der Waals surface area contributed by atoms with Crippen LogP contribution in [-0.2, 0) is 21.4 Å².